The first-order chi connectivity index (χ1) is 5.09. The maximum Gasteiger partial charge on any atom is 0.0717 e. The third kappa shape index (κ3) is 2.49. The molecule has 2 N–H and O–H groups in total. The van der Waals surface area contributed by atoms with E-state index in [0.717, 1.165) is 19.5 Å². The fourth-order valence-electron chi connectivity index (χ4n) is 1.64. The summed E-state index contributed by atoms with van der Waals surface area (Å²) in [5.74, 6) is 0.279. The van der Waals surface area contributed by atoms with Crippen LogP contribution in [0.3, 0.4) is 0 Å². The van der Waals surface area contributed by atoms with E-state index in [2.05, 4.69) is 18.7 Å². The van der Waals surface area contributed by atoms with Crippen molar-refractivity contribution in [1.82, 2.24) is 4.90 Å². The summed E-state index contributed by atoms with van der Waals surface area (Å²) in [6.45, 7) is 6.38. The number of hydrogen-bond donors (Lipinski definition) is 1. The van der Waals surface area contributed by atoms with Crippen LogP contribution in [0.1, 0.15) is 20.3 Å². The van der Waals surface area contributed by atoms with Crippen LogP contribution in [0.5, 0.6) is 0 Å². The quantitative estimate of drug-likeness (QED) is 0.550. The molecule has 1 aliphatic heterocycles. The molecule has 0 aromatic heterocycles. The van der Waals surface area contributed by atoms with Gasteiger partial charge in [-0.1, -0.05) is 5.82 Å². The zero-order valence-corrected chi connectivity index (χ0v) is 7.46. The van der Waals surface area contributed by atoms with Gasteiger partial charge < -0.3 is 5.73 Å². The van der Waals surface area contributed by atoms with Gasteiger partial charge in [-0.05, 0) is 26.8 Å². The van der Waals surface area contributed by atoms with Crippen molar-refractivity contribution in [3.05, 3.63) is 0 Å². The fourth-order valence-corrected chi connectivity index (χ4v) is 1.64. The molecule has 2 nitrogen and oxygen atoms in total. The van der Waals surface area contributed by atoms with Gasteiger partial charge in [0, 0.05) is 18.6 Å². The highest BCUT2D eigenvalue weighted by atomic mass is 15.2. The van der Waals surface area contributed by atoms with Crippen LogP contribution in [0.4, 0.5) is 0 Å². The van der Waals surface area contributed by atoms with Crippen molar-refractivity contribution in [3.63, 3.8) is 0 Å². The summed E-state index contributed by atoms with van der Waals surface area (Å²) in [5, 5.41) is 0. The summed E-state index contributed by atoms with van der Waals surface area (Å²) in [6, 6.07) is 0.855. The molecule has 2 atom stereocenters. The molecule has 1 heterocycles. The molecular formula is C8H17BN2. The molecule has 2 radical (unpaired) electrons. The fraction of sp³-hybridized carbons (Fsp3) is 1.00. The summed E-state index contributed by atoms with van der Waals surface area (Å²) in [6.07, 6.45) is 0.975. The molecule has 0 aromatic rings. The second-order valence-electron chi connectivity index (χ2n) is 3.80. The lowest BCUT2D eigenvalue weighted by molar-refractivity contribution is 0.169. The Morgan fingerprint density at radius 2 is 2.09 bits per heavy atom. The van der Waals surface area contributed by atoms with Crippen molar-refractivity contribution in [3.8, 4) is 0 Å². The van der Waals surface area contributed by atoms with E-state index in [9.17, 15) is 0 Å². The van der Waals surface area contributed by atoms with Crippen LogP contribution in [0.25, 0.3) is 0 Å². The number of rotatable bonds is 1. The van der Waals surface area contributed by atoms with Gasteiger partial charge in [0.05, 0.1) is 7.85 Å². The van der Waals surface area contributed by atoms with Crippen molar-refractivity contribution in [2.24, 2.45) is 5.73 Å². The minimum atomic E-state index is 0.279. The van der Waals surface area contributed by atoms with Crippen molar-refractivity contribution >= 4 is 7.85 Å². The molecule has 1 rings (SSSR count). The summed E-state index contributed by atoms with van der Waals surface area (Å²) in [4.78, 5) is 2.35. The van der Waals surface area contributed by atoms with E-state index in [4.69, 9.17) is 13.6 Å². The van der Waals surface area contributed by atoms with Gasteiger partial charge >= 0.3 is 0 Å². The summed E-state index contributed by atoms with van der Waals surface area (Å²) in [7, 11) is 5.83. The summed E-state index contributed by atoms with van der Waals surface area (Å²) < 4.78 is 0. The van der Waals surface area contributed by atoms with Gasteiger partial charge in [-0.2, -0.15) is 0 Å². The van der Waals surface area contributed by atoms with Crippen LogP contribution in [0.15, 0.2) is 0 Å². The van der Waals surface area contributed by atoms with Crippen molar-refractivity contribution in [2.45, 2.75) is 38.2 Å². The number of piperidine rings is 1. The molecule has 0 saturated carbocycles. The van der Waals surface area contributed by atoms with E-state index >= 15 is 0 Å². The van der Waals surface area contributed by atoms with Gasteiger partial charge in [0.2, 0.25) is 0 Å². The minimum absolute atomic E-state index is 0.279. The SMILES string of the molecule is [B][C@@H]1CC(N)CN(C(C)C)C1. The topological polar surface area (TPSA) is 29.3 Å². The van der Waals surface area contributed by atoms with Gasteiger partial charge in [0.15, 0.2) is 0 Å². The van der Waals surface area contributed by atoms with Crippen LogP contribution < -0.4 is 5.73 Å². The highest BCUT2D eigenvalue weighted by Crippen LogP contribution is 2.18. The van der Waals surface area contributed by atoms with Gasteiger partial charge in [-0.25, -0.2) is 0 Å². The molecule has 1 saturated heterocycles. The predicted octanol–water partition coefficient (Wildman–Crippen LogP) is 0.385. The normalized spacial score (nSPS) is 34.5. The Kier molecular flexibility index (Phi) is 2.96. The second kappa shape index (κ2) is 3.59. The third-order valence-electron chi connectivity index (χ3n) is 2.27. The monoisotopic (exact) mass is 152 g/mol. The van der Waals surface area contributed by atoms with Crippen LogP contribution in [0, 0.1) is 0 Å². The van der Waals surface area contributed by atoms with E-state index in [-0.39, 0.29) is 11.9 Å². The lowest BCUT2D eigenvalue weighted by Crippen LogP contribution is -2.48. The molecule has 3 heteroatoms. The average molecular weight is 152 g/mol. The largest absolute Gasteiger partial charge is 0.327 e. The Labute approximate surface area is 70.5 Å². The maximum atomic E-state index is 5.83. The first kappa shape index (κ1) is 9.08. The molecule has 0 amide bonds. The number of hydrogen-bond acceptors (Lipinski definition) is 2. The zero-order chi connectivity index (χ0) is 8.43. The molecule has 62 valence electrons. The highest BCUT2D eigenvalue weighted by molar-refractivity contribution is 6.11. The van der Waals surface area contributed by atoms with E-state index in [1.165, 1.54) is 0 Å². The predicted molar refractivity (Wildman–Crippen MR) is 48.8 cm³/mol. The van der Waals surface area contributed by atoms with Gasteiger partial charge in [-0.3, -0.25) is 4.90 Å². The Morgan fingerprint density at radius 3 is 2.55 bits per heavy atom. The molecule has 0 aromatic carbocycles. The Morgan fingerprint density at radius 1 is 1.45 bits per heavy atom. The number of likely N-dealkylation sites (tertiary alicyclic amines) is 1. The maximum absolute atomic E-state index is 5.83. The number of nitrogens with two attached hydrogens (primary N) is 1. The van der Waals surface area contributed by atoms with Crippen molar-refractivity contribution in [1.29, 1.82) is 0 Å². The highest BCUT2D eigenvalue weighted by Gasteiger charge is 2.22. The van der Waals surface area contributed by atoms with Crippen LogP contribution >= 0.6 is 0 Å². The second-order valence-corrected chi connectivity index (χ2v) is 3.80. The third-order valence-corrected chi connectivity index (χ3v) is 2.27. The summed E-state index contributed by atoms with van der Waals surface area (Å²) >= 11 is 0. The number of nitrogens with zero attached hydrogens (tertiary/aromatic N) is 1. The molecule has 1 unspecified atom stereocenters. The van der Waals surface area contributed by atoms with Crippen LogP contribution in [-0.2, 0) is 0 Å². The zero-order valence-electron chi connectivity index (χ0n) is 7.46. The molecule has 0 aliphatic carbocycles. The van der Waals surface area contributed by atoms with Crippen LogP contribution in [0.2, 0.25) is 5.82 Å². The smallest absolute Gasteiger partial charge is 0.0717 e. The van der Waals surface area contributed by atoms with E-state index in [0.29, 0.717) is 6.04 Å². The lowest BCUT2D eigenvalue weighted by atomic mass is 9.79. The minimum Gasteiger partial charge on any atom is -0.327 e. The summed E-state index contributed by atoms with van der Waals surface area (Å²) in [5.41, 5.74) is 5.83. The molecular weight excluding hydrogens is 135 g/mol. The van der Waals surface area contributed by atoms with Gasteiger partial charge in [-0.15, -0.1) is 0 Å². The molecule has 0 bridgehead atoms. The molecule has 1 aliphatic rings. The first-order valence-electron chi connectivity index (χ1n) is 4.35. The van der Waals surface area contributed by atoms with E-state index in [1.54, 1.807) is 0 Å². The van der Waals surface area contributed by atoms with Crippen molar-refractivity contribution < 1.29 is 0 Å². The van der Waals surface area contributed by atoms with Gasteiger partial charge in [0.1, 0.15) is 0 Å². The Hall–Kier alpha value is -0.0151. The van der Waals surface area contributed by atoms with Crippen molar-refractivity contribution in [2.75, 3.05) is 13.1 Å². The standard InChI is InChI=1S/C8H17BN2/c1-6(2)11-4-7(9)3-8(10)5-11/h6-8H,3-5,10H2,1-2H3/t7-,8?/m1/s1. The van der Waals surface area contributed by atoms with E-state index < -0.39 is 0 Å². The lowest BCUT2D eigenvalue weighted by Gasteiger charge is -2.37. The Bertz CT molecular complexity index is 117. The van der Waals surface area contributed by atoms with Crippen LogP contribution in [-0.4, -0.2) is 37.9 Å². The Balaban J connectivity index is 2.43. The van der Waals surface area contributed by atoms with Gasteiger partial charge in [0.25, 0.3) is 0 Å². The molecule has 0 spiro atoms. The molecule has 1 fully saturated rings. The molecule has 11 heavy (non-hydrogen) atoms. The first-order valence-corrected chi connectivity index (χ1v) is 4.35. The van der Waals surface area contributed by atoms with E-state index in [1.807, 2.05) is 0 Å². The average Bonchev–Trinajstić information content (AvgIpc) is 1.85.